The van der Waals surface area contributed by atoms with E-state index >= 15 is 0 Å². The second-order valence-electron chi connectivity index (χ2n) is 4.83. The van der Waals surface area contributed by atoms with Crippen molar-refractivity contribution in [2.75, 3.05) is 18.5 Å². The van der Waals surface area contributed by atoms with Crippen molar-refractivity contribution in [1.82, 2.24) is 0 Å². The van der Waals surface area contributed by atoms with Crippen molar-refractivity contribution in [3.05, 3.63) is 29.3 Å². The average molecular weight is 398 g/mol. The smallest absolute Gasteiger partial charge is 0.790 e. The zero-order valence-corrected chi connectivity index (χ0v) is 18.9. The Hall–Kier alpha value is 1.30. The first-order valence-electron chi connectivity index (χ1n) is 6.44. The normalized spacial score (nSPS) is 26.4. The molecule has 0 aliphatic carbocycles. The molecule has 1 aromatic carbocycles. The number of hydrogen-bond donors (Lipinski definition) is 3. The maximum Gasteiger partial charge on any atom is 1.00 e. The van der Waals surface area contributed by atoms with E-state index in [1.165, 1.54) is 0 Å². The molecule has 0 unspecified atom stereocenters. The molecule has 0 bridgehead atoms. The minimum Gasteiger partial charge on any atom is -0.790 e. The Morgan fingerprint density at radius 2 is 1.88 bits per heavy atom. The third-order valence-corrected chi connectivity index (χ3v) is 3.89. The molecule has 4 atom stereocenters. The SMILES string of the molecule is O=P([O-])([O-])OC[C@H]1O[C@H](CNc2cccc(Cl)c2)[C@H](O)[C@@H]1O.[Na+].[Na+]. The standard InChI is InChI=1S/C12H17ClNO7P.2Na/c13-7-2-1-3-8(4-7)14-5-9-11(15)12(16)10(21-9)6-20-22(17,18)19;;/h1-4,9-12,14-16H,5-6H2,(H2,17,18,19);;/q;2*+1/p-2/t9-,10-,11+,12-;;/m1../s1. The third-order valence-electron chi connectivity index (χ3n) is 3.19. The van der Waals surface area contributed by atoms with Crippen LogP contribution in [0.1, 0.15) is 0 Å². The van der Waals surface area contributed by atoms with Gasteiger partial charge in [-0.2, -0.15) is 0 Å². The van der Waals surface area contributed by atoms with E-state index in [-0.39, 0.29) is 65.7 Å². The van der Waals surface area contributed by atoms with Gasteiger partial charge in [-0.15, -0.1) is 0 Å². The van der Waals surface area contributed by atoms with E-state index in [9.17, 15) is 24.6 Å². The fourth-order valence-electron chi connectivity index (χ4n) is 2.11. The number of benzene rings is 1. The molecule has 12 heteroatoms. The number of phosphoric acid groups is 1. The van der Waals surface area contributed by atoms with Crippen LogP contribution in [0.5, 0.6) is 0 Å². The van der Waals surface area contributed by atoms with Crippen molar-refractivity contribution in [1.29, 1.82) is 0 Å². The van der Waals surface area contributed by atoms with Gasteiger partial charge in [-0.1, -0.05) is 17.7 Å². The predicted molar refractivity (Wildman–Crippen MR) is 74.2 cm³/mol. The largest absolute Gasteiger partial charge is 1.00 e. The number of halogens is 1. The predicted octanol–water partition coefficient (Wildman–Crippen LogP) is -6.91. The van der Waals surface area contributed by atoms with Crippen LogP contribution in [0.15, 0.2) is 24.3 Å². The third kappa shape index (κ3) is 7.90. The first-order chi connectivity index (χ1) is 10.3. The minimum atomic E-state index is -5.16. The van der Waals surface area contributed by atoms with Crippen molar-refractivity contribution >= 4 is 25.1 Å². The van der Waals surface area contributed by atoms with Crippen LogP contribution in [0, 0.1) is 0 Å². The molecule has 3 N–H and O–H groups in total. The molecular weight excluding hydrogens is 383 g/mol. The van der Waals surface area contributed by atoms with Crippen LogP contribution < -0.4 is 74.2 Å². The van der Waals surface area contributed by atoms with Crippen LogP contribution in [0.25, 0.3) is 0 Å². The number of anilines is 1. The quantitative estimate of drug-likeness (QED) is 0.318. The van der Waals surface area contributed by atoms with Gasteiger partial charge in [-0.25, -0.2) is 0 Å². The maximum absolute atomic E-state index is 10.4. The Labute approximate surface area is 188 Å². The maximum atomic E-state index is 10.4. The number of rotatable bonds is 6. The molecule has 0 saturated carbocycles. The van der Waals surface area contributed by atoms with Crippen LogP contribution in [-0.2, 0) is 13.8 Å². The molecule has 1 aliphatic heterocycles. The summed E-state index contributed by atoms with van der Waals surface area (Å²) in [6.45, 7) is -0.488. The summed E-state index contributed by atoms with van der Waals surface area (Å²) in [5.74, 6) is 0. The molecule has 2 rings (SSSR count). The second-order valence-corrected chi connectivity index (χ2v) is 6.42. The summed E-state index contributed by atoms with van der Waals surface area (Å²) in [6.07, 6.45) is -4.48. The van der Waals surface area contributed by atoms with Crippen molar-refractivity contribution < 1.29 is 92.9 Å². The first kappa shape index (κ1) is 25.3. The van der Waals surface area contributed by atoms with Gasteiger partial charge in [-0.3, -0.25) is 0 Å². The zero-order valence-electron chi connectivity index (χ0n) is 13.3. The van der Waals surface area contributed by atoms with Crippen molar-refractivity contribution in [3.63, 3.8) is 0 Å². The van der Waals surface area contributed by atoms with E-state index in [0.29, 0.717) is 10.7 Å². The Morgan fingerprint density at radius 3 is 2.46 bits per heavy atom. The first-order valence-corrected chi connectivity index (χ1v) is 8.28. The number of phosphoric ester groups is 1. The van der Waals surface area contributed by atoms with E-state index < -0.39 is 38.8 Å². The van der Waals surface area contributed by atoms with Crippen molar-refractivity contribution in [3.8, 4) is 0 Å². The van der Waals surface area contributed by atoms with Gasteiger partial charge >= 0.3 is 59.1 Å². The molecule has 1 aliphatic rings. The molecule has 8 nitrogen and oxygen atoms in total. The van der Waals surface area contributed by atoms with E-state index in [4.69, 9.17) is 16.3 Å². The molecule has 24 heavy (non-hydrogen) atoms. The van der Waals surface area contributed by atoms with Gasteiger partial charge in [0.2, 0.25) is 0 Å². The van der Waals surface area contributed by atoms with Gasteiger partial charge in [0.15, 0.2) is 0 Å². The molecule has 0 amide bonds. The molecular formula is C12H15ClNNa2O7P. The molecule has 1 fully saturated rings. The molecule has 1 saturated heterocycles. The van der Waals surface area contributed by atoms with E-state index in [2.05, 4.69) is 9.84 Å². The monoisotopic (exact) mass is 397 g/mol. The second kappa shape index (κ2) is 11.2. The summed E-state index contributed by atoms with van der Waals surface area (Å²) in [6, 6.07) is 6.87. The molecule has 0 spiro atoms. The summed E-state index contributed by atoms with van der Waals surface area (Å²) in [5, 5.41) is 23.1. The number of nitrogens with one attached hydrogen (secondary N) is 1. The fourth-order valence-corrected chi connectivity index (χ4v) is 2.63. The van der Waals surface area contributed by atoms with Gasteiger partial charge in [0, 0.05) is 17.3 Å². The summed E-state index contributed by atoms with van der Waals surface area (Å²) in [5.41, 5.74) is 0.695. The van der Waals surface area contributed by atoms with E-state index in [0.717, 1.165) is 0 Å². The fraction of sp³-hybridized carbons (Fsp3) is 0.500. The van der Waals surface area contributed by atoms with Gasteiger partial charge in [0.05, 0.1) is 14.4 Å². The van der Waals surface area contributed by atoms with Crippen LogP contribution >= 0.6 is 19.4 Å². The van der Waals surface area contributed by atoms with Gasteiger partial charge in [0.25, 0.3) is 0 Å². The summed E-state index contributed by atoms with van der Waals surface area (Å²) >= 11 is 5.84. The van der Waals surface area contributed by atoms with Gasteiger partial charge < -0.3 is 39.1 Å². The minimum absolute atomic E-state index is 0. The summed E-state index contributed by atoms with van der Waals surface area (Å²) in [7, 11) is -5.16. The van der Waals surface area contributed by atoms with E-state index in [1.54, 1.807) is 24.3 Å². The number of aliphatic hydroxyl groups is 2. The van der Waals surface area contributed by atoms with Crippen molar-refractivity contribution in [2.45, 2.75) is 24.4 Å². The Kier molecular flexibility index (Phi) is 11.8. The van der Waals surface area contributed by atoms with Gasteiger partial charge in [-0.05, 0) is 18.2 Å². The Morgan fingerprint density at radius 1 is 1.25 bits per heavy atom. The van der Waals surface area contributed by atoms with Crippen LogP contribution in [-0.4, -0.2) is 47.8 Å². The topological polar surface area (TPSA) is 134 Å². The number of aliphatic hydroxyl groups excluding tert-OH is 2. The number of ether oxygens (including phenoxy) is 1. The van der Waals surface area contributed by atoms with Gasteiger partial charge in [0.1, 0.15) is 24.4 Å². The molecule has 124 valence electrons. The summed E-state index contributed by atoms with van der Waals surface area (Å²) in [4.78, 5) is 20.9. The molecule has 0 aromatic heterocycles. The number of hydrogen-bond acceptors (Lipinski definition) is 8. The van der Waals surface area contributed by atoms with Crippen molar-refractivity contribution in [2.24, 2.45) is 0 Å². The van der Waals surface area contributed by atoms with E-state index in [1.807, 2.05) is 0 Å². The molecule has 1 aromatic rings. The molecule has 1 heterocycles. The van der Waals surface area contributed by atoms with Crippen LogP contribution in [0.2, 0.25) is 5.02 Å². The zero-order chi connectivity index (χ0) is 16.3. The summed E-state index contributed by atoms with van der Waals surface area (Å²) < 4.78 is 19.8. The Bertz CT molecular complexity index is 564. The molecule has 0 radical (unpaired) electrons. The van der Waals surface area contributed by atoms with Crippen LogP contribution in [0.4, 0.5) is 5.69 Å². The van der Waals surface area contributed by atoms with Crippen LogP contribution in [0.3, 0.4) is 0 Å². The Balaban J connectivity index is 0.00000264. The average Bonchev–Trinajstić information content (AvgIpc) is 2.70.